The van der Waals surface area contributed by atoms with Crippen LogP contribution in [0.5, 0.6) is 0 Å². The summed E-state index contributed by atoms with van der Waals surface area (Å²) < 4.78 is 39.4. The van der Waals surface area contributed by atoms with Gasteiger partial charge in [-0.05, 0) is 37.0 Å². The third-order valence-corrected chi connectivity index (χ3v) is 3.64. The van der Waals surface area contributed by atoms with Gasteiger partial charge in [-0.1, -0.05) is 40.9 Å². The van der Waals surface area contributed by atoms with Gasteiger partial charge in [0.2, 0.25) is 0 Å². The van der Waals surface area contributed by atoms with Gasteiger partial charge in [-0.2, -0.15) is 13.2 Å². The third kappa shape index (κ3) is 5.29. The number of hydrogen-bond acceptors (Lipinski definition) is 1. The van der Waals surface area contributed by atoms with Crippen LogP contribution in [0.3, 0.4) is 0 Å². The quantitative estimate of drug-likeness (QED) is 0.502. The fourth-order valence-electron chi connectivity index (χ4n) is 2.08. The molecule has 20 heavy (non-hydrogen) atoms. The molecule has 0 aliphatic heterocycles. The summed E-state index contributed by atoms with van der Waals surface area (Å²) in [5.41, 5.74) is 5.44. The lowest BCUT2D eigenvalue weighted by Crippen LogP contribution is -2.17. The molecule has 0 amide bonds. The van der Waals surface area contributed by atoms with Crippen LogP contribution in [0.1, 0.15) is 49.3 Å². The fraction of sp³-hybridized carbons (Fsp3) is 0.467. The maximum Gasteiger partial charge on any atom is 0.416 e. The first kappa shape index (κ1) is 17.2. The molecule has 0 saturated carbocycles. The summed E-state index contributed by atoms with van der Waals surface area (Å²) in [6.07, 6.45) is 1.74. The molecule has 2 N–H and O–H groups in total. The van der Waals surface area contributed by atoms with E-state index < -0.39 is 17.8 Å². The summed E-state index contributed by atoms with van der Waals surface area (Å²) >= 11 is 3.07. The van der Waals surface area contributed by atoms with Crippen LogP contribution >= 0.6 is 15.9 Å². The van der Waals surface area contributed by atoms with E-state index in [4.69, 9.17) is 5.73 Å². The Morgan fingerprint density at radius 3 is 2.55 bits per heavy atom. The van der Waals surface area contributed by atoms with E-state index in [0.717, 1.165) is 31.7 Å². The normalized spacial score (nSPS) is 13.2. The van der Waals surface area contributed by atoms with Crippen LogP contribution in [0.15, 0.2) is 35.3 Å². The Bertz CT molecular complexity index is 443. The minimum atomic E-state index is -4.38. The molecular weight excluding hydrogens is 331 g/mol. The zero-order valence-electron chi connectivity index (χ0n) is 11.2. The van der Waals surface area contributed by atoms with E-state index in [-0.39, 0.29) is 5.56 Å². The lowest BCUT2D eigenvalue weighted by Gasteiger charge is -2.18. The van der Waals surface area contributed by atoms with Gasteiger partial charge < -0.3 is 5.73 Å². The van der Waals surface area contributed by atoms with Crippen molar-refractivity contribution in [1.82, 2.24) is 0 Å². The Labute approximate surface area is 126 Å². The minimum absolute atomic E-state index is 0.171. The topological polar surface area (TPSA) is 26.0 Å². The number of benzene rings is 1. The smallest absolute Gasteiger partial charge is 0.324 e. The Kier molecular flexibility index (Phi) is 6.76. The molecular formula is C15H19BrF3N. The van der Waals surface area contributed by atoms with Crippen molar-refractivity contribution in [3.05, 3.63) is 46.5 Å². The number of alkyl halides is 3. The van der Waals surface area contributed by atoms with Crippen LogP contribution in [0.4, 0.5) is 13.2 Å². The zero-order chi connectivity index (χ0) is 15.2. The Morgan fingerprint density at radius 2 is 1.95 bits per heavy atom. The van der Waals surface area contributed by atoms with Crippen LogP contribution in [0, 0.1) is 0 Å². The molecule has 0 fully saturated rings. The van der Waals surface area contributed by atoms with Crippen LogP contribution in [0.2, 0.25) is 0 Å². The Balaban J connectivity index is 2.72. The molecule has 5 heteroatoms. The highest BCUT2D eigenvalue weighted by Gasteiger charge is 2.34. The number of allylic oxidation sites excluding steroid dienone is 1. The molecule has 0 aliphatic carbocycles. The van der Waals surface area contributed by atoms with Crippen molar-refractivity contribution >= 4 is 15.9 Å². The number of unbranched alkanes of at least 4 members (excludes halogenated alkanes) is 3. The summed E-state index contributed by atoms with van der Waals surface area (Å²) in [6.45, 7) is 3.63. The highest BCUT2D eigenvalue weighted by Crippen LogP contribution is 2.36. The molecule has 1 atom stereocenters. The van der Waals surface area contributed by atoms with Gasteiger partial charge in [-0.3, -0.25) is 0 Å². The lowest BCUT2D eigenvalue weighted by molar-refractivity contribution is -0.138. The van der Waals surface area contributed by atoms with Crippen LogP contribution < -0.4 is 5.73 Å². The summed E-state index contributed by atoms with van der Waals surface area (Å²) in [5, 5.41) is 0. The molecule has 0 aromatic heterocycles. The van der Waals surface area contributed by atoms with Crippen LogP contribution in [0.25, 0.3) is 0 Å². The molecule has 0 saturated heterocycles. The van der Waals surface area contributed by atoms with E-state index in [2.05, 4.69) is 22.5 Å². The number of rotatable bonds is 7. The standard InChI is InChI=1S/C15H19BrF3N/c1-2-3-4-5-6-7-14(20)12-9-8-11(16)10-13(12)15(17,18)19/h2,8-10,14H,1,3-7,20H2. The first-order chi connectivity index (χ1) is 9.36. The van der Waals surface area contributed by atoms with Gasteiger partial charge in [0.05, 0.1) is 5.56 Å². The van der Waals surface area contributed by atoms with Gasteiger partial charge >= 0.3 is 6.18 Å². The highest BCUT2D eigenvalue weighted by molar-refractivity contribution is 9.10. The maximum absolute atomic E-state index is 13.0. The monoisotopic (exact) mass is 349 g/mol. The highest BCUT2D eigenvalue weighted by atomic mass is 79.9. The molecule has 1 rings (SSSR count). The van der Waals surface area contributed by atoms with E-state index in [1.807, 2.05) is 6.08 Å². The molecule has 1 nitrogen and oxygen atoms in total. The van der Waals surface area contributed by atoms with Crippen molar-refractivity contribution in [2.45, 2.75) is 44.3 Å². The fourth-order valence-corrected chi connectivity index (χ4v) is 2.44. The van der Waals surface area contributed by atoms with Crippen molar-refractivity contribution in [2.24, 2.45) is 5.73 Å². The maximum atomic E-state index is 13.0. The van der Waals surface area contributed by atoms with Crippen molar-refractivity contribution in [3.63, 3.8) is 0 Å². The lowest BCUT2D eigenvalue weighted by atomic mass is 9.96. The van der Waals surface area contributed by atoms with Gasteiger partial charge in [-0.15, -0.1) is 6.58 Å². The predicted octanol–water partition coefficient (Wildman–Crippen LogP) is 5.60. The molecule has 1 aromatic rings. The second-order valence-electron chi connectivity index (χ2n) is 4.76. The van der Waals surface area contributed by atoms with Crippen molar-refractivity contribution in [3.8, 4) is 0 Å². The van der Waals surface area contributed by atoms with Crippen LogP contribution in [-0.4, -0.2) is 0 Å². The first-order valence-electron chi connectivity index (χ1n) is 6.59. The SMILES string of the molecule is C=CCCCCCC(N)c1ccc(Br)cc1C(F)(F)F. The number of hydrogen-bond donors (Lipinski definition) is 1. The van der Waals surface area contributed by atoms with E-state index in [1.165, 1.54) is 6.07 Å². The van der Waals surface area contributed by atoms with Gasteiger partial charge in [0, 0.05) is 10.5 Å². The molecule has 0 radical (unpaired) electrons. The van der Waals surface area contributed by atoms with Gasteiger partial charge in [-0.25, -0.2) is 0 Å². The average Bonchev–Trinajstić information content (AvgIpc) is 2.37. The second-order valence-corrected chi connectivity index (χ2v) is 5.68. The largest absolute Gasteiger partial charge is 0.416 e. The van der Waals surface area contributed by atoms with Crippen molar-refractivity contribution in [1.29, 1.82) is 0 Å². The summed E-state index contributed by atoms with van der Waals surface area (Å²) in [7, 11) is 0. The van der Waals surface area contributed by atoms with E-state index in [0.29, 0.717) is 10.9 Å². The molecule has 112 valence electrons. The number of nitrogens with two attached hydrogens (primary N) is 1. The van der Waals surface area contributed by atoms with E-state index in [1.54, 1.807) is 6.07 Å². The molecule has 0 aliphatic rings. The predicted molar refractivity (Wildman–Crippen MR) is 79.4 cm³/mol. The second kappa shape index (κ2) is 7.84. The van der Waals surface area contributed by atoms with Crippen LogP contribution in [-0.2, 0) is 6.18 Å². The zero-order valence-corrected chi connectivity index (χ0v) is 12.8. The number of halogens is 4. The Morgan fingerprint density at radius 1 is 1.25 bits per heavy atom. The van der Waals surface area contributed by atoms with Gasteiger partial charge in [0.1, 0.15) is 0 Å². The molecule has 1 unspecified atom stereocenters. The first-order valence-corrected chi connectivity index (χ1v) is 7.38. The van der Waals surface area contributed by atoms with Gasteiger partial charge in [0.15, 0.2) is 0 Å². The third-order valence-electron chi connectivity index (χ3n) is 3.14. The van der Waals surface area contributed by atoms with Crippen molar-refractivity contribution < 1.29 is 13.2 Å². The molecule has 0 spiro atoms. The summed E-state index contributed by atoms with van der Waals surface area (Å²) in [5.74, 6) is 0. The van der Waals surface area contributed by atoms with E-state index >= 15 is 0 Å². The van der Waals surface area contributed by atoms with E-state index in [9.17, 15) is 13.2 Å². The summed E-state index contributed by atoms with van der Waals surface area (Å²) in [4.78, 5) is 0. The van der Waals surface area contributed by atoms with Gasteiger partial charge in [0.25, 0.3) is 0 Å². The minimum Gasteiger partial charge on any atom is -0.324 e. The Hall–Kier alpha value is -0.810. The average molecular weight is 350 g/mol. The summed E-state index contributed by atoms with van der Waals surface area (Å²) in [6, 6.07) is 3.57. The molecule has 1 aromatic carbocycles. The molecule has 0 bridgehead atoms. The molecule has 0 heterocycles. The van der Waals surface area contributed by atoms with Crippen molar-refractivity contribution in [2.75, 3.05) is 0 Å².